The van der Waals surface area contributed by atoms with E-state index in [0.29, 0.717) is 5.75 Å². The molecule has 1 aromatic carbocycles. The maximum atomic E-state index is 12.3. The number of carboxylic acids is 1. The summed E-state index contributed by atoms with van der Waals surface area (Å²) in [5.41, 5.74) is 1.67. The molecule has 0 saturated heterocycles. The fourth-order valence-electron chi connectivity index (χ4n) is 2.30. The first kappa shape index (κ1) is 18.5. The van der Waals surface area contributed by atoms with Crippen LogP contribution in [-0.4, -0.2) is 53.6 Å². The normalized spacial score (nSPS) is 11.8. The van der Waals surface area contributed by atoms with Crippen molar-refractivity contribution in [2.75, 3.05) is 20.8 Å². The van der Waals surface area contributed by atoms with E-state index in [4.69, 9.17) is 9.47 Å². The minimum atomic E-state index is -1.11. The molecule has 1 heterocycles. The fourth-order valence-corrected chi connectivity index (χ4v) is 2.30. The molecule has 0 saturated carbocycles. The van der Waals surface area contributed by atoms with E-state index in [-0.39, 0.29) is 18.7 Å². The van der Waals surface area contributed by atoms with Gasteiger partial charge in [-0.15, -0.1) is 0 Å². The summed E-state index contributed by atoms with van der Waals surface area (Å²) in [7, 11) is 3.06. The van der Waals surface area contributed by atoms with Crippen LogP contribution in [0.25, 0.3) is 5.69 Å². The quantitative estimate of drug-likeness (QED) is 0.748. The van der Waals surface area contributed by atoms with E-state index in [1.54, 1.807) is 30.0 Å². The molecule has 0 aliphatic rings. The molecule has 8 nitrogen and oxygen atoms in total. The lowest BCUT2D eigenvalue weighted by Gasteiger charge is -2.12. The van der Waals surface area contributed by atoms with Crippen molar-refractivity contribution >= 4 is 11.9 Å². The number of amides is 1. The zero-order valence-electron chi connectivity index (χ0n) is 14.4. The van der Waals surface area contributed by atoms with Crippen LogP contribution in [0.5, 0.6) is 5.75 Å². The predicted octanol–water partition coefficient (Wildman–Crippen LogP) is 1.41. The summed E-state index contributed by atoms with van der Waals surface area (Å²) in [5, 5.41) is 15.9. The first-order valence-electron chi connectivity index (χ1n) is 7.70. The molecular weight excluding hydrogens is 326 g/mol. The van der Waals surface area contributed by atoms with Crippen LogP contribution in [0.15, 0.2) is 30.3 Å². The first-order valence-corrected chi connectivity index (χ1v) is 7.70. The van der Waals surface area contributed by atoms with E-state index in [9.17, 15) is 14.7 Å². The van der Waals surface area contributed by atoms with Crippen LogP contribution >= 0.6 is 0 Å². The standard InChI is InChI=1S/C17H21N3O5/c1-11-10-15(16(21)18-14(17(22)23)8-9-24-2)19-20(11)12-4-6-13(25-3)7-5-12/h4-7,10,14H,8-9H2,1-3H3,(H,18,21)(H,22,23). The van der Waals surface area contributed by atoms with E-state index in [1.807, 2.05) is 19.1 Å². The summed E-state index contributed by atoms with van der Waals surface area (Å²) in [6.45, 7) is 2.05. The van der Waals surface area contributed by atoms with Crippen LogP contribution in [0.2, 0.25) is 0 Å². The van der Waals surface area contributed by atoms with Gasteiger partial charge < -0.3 is 19.9 Å². The number of carboxylic acid groups (broad SMARTS) is 1. The number of aliphatic carboxylic acids is 1. The highest BCUT2D eigenvalue weighted by Crippen LogP contribution is 2.17. The number of nitrogens with zero attached hydrogens (tertiary/aromatic N) is 2. The van der Waals surface area contributed by atoms with Crippen molar-refractivity contribution in [3.63, 3.8) is 0 Å². The highest BCUT2D eigenvalue weighted by molar-refractivity contribution is 5.95. The summed E-state index contributed by atoms with van der Waals surface area (Å²) in [5.74, 6) is -0.940. The van der Waals surface area contributed by atoms with E-state index >= 15 is 0 Å². The van der Waals surface area contributed by atoms with Gasteiger partial charge in [0.2, 0.25) is 0 Å². The summed E-state index contributed by atoms with van der Waals surface area (Å²) in [6, 6.07) is 7.80. The number of ether oxygens (including phenoxy) is 2. The van der Waals surface area contributed by atoms with Crippen molar-refractivity contribution in [2.45, 2.75) is 19.4 Å². The first-order chi connectivity index (χ1) is 12.0. The summed E-state index contributed by atoms with van der Waals surface area (Å²) in [6.07, 6.45) is 0.176. The summed E-state index contributed by atoms with van der Waals surface area (Å²) in [4.78, 5) is 23.5. The number of benzene rings is 1. The topological polar surface area (TPSA) is 103 Å². The third-order valence-corrected chi connectivity index (χ3v) is 3.65. The van der Waals surface area contributed by atoms with E-state index in [1.165, 1.54) is 7.11 Å². The molecule has 0 aliphatic carbocycles. The Morgan fingerprint density at radius 1 is 1.28 bits per heavy atom. The number of methoxy groups -OCH3 is 2. The van der Waals surface area contributed by atoms with Crippen molar-refractivity contribution in [1.29, 1.82) is 0 Å². The second kappa shape index (κ2) is 8.29. The van der Waals surface area contributed by atoms with Gasteiger partial charge in [0.1, 0.15) is 11.8 Å². The number of rotatable bonds is 8. The fraction of sp³-hybridized carbons (Fsp3) is 0.353. The van der Waals surface area contributed by atoms with Crippen molar-refractivity contribution in [3.05, 3.63) is 41.7 Å². The Labute approximate surface area is 145 Å². The zero-order chi connectivity index (χ0) is 18.4. The maximum Gasteiger partial charge on any atom is 0.326 e. The van der Waals surface area contributed by atoms with Crippen molar-refractivity contribution in [3.8, 4) is 11.4 Å². The molecule has 0 fully saturated rings. The van der Waals surface area contributed by atoms with E-state index < -0.39 is 17.9 Å². The molecule has 8 heteroatoms. The van der Waals surface area contributed by atoms with Gasteiger partial charge in [-0.2, -0.15) is 5.10 Å². The van der Waals surface area contributed by atoms with Gasteiger partial charge in [0, 0.05) is 25.8 Å². The molecule has 1 amide bonds. The third kappa shape index (κ3) is 4.57. The van der Waals surface area contributed by atoms with Crippen LogP contribution in [0.1, 0.15) is 22.6 Å². The molecule has 2 N–H and O–H groups in total. The minimum Gasteiger partial charge on any atom is -0.497 e. The van der Waals surface area contributed by atoms with E-state index in [0.717, 1.165) is 11.4 Å². The van der Waals surface area contributed by atoms with Crippen molar-refractivity contribution in [2.24, 2.45) is 0 Å². The molecule has 2 aromatic rings. The number of carbonyl (C=O) groups excluding carboxylic acids is 1. The second-order valence-corrected chi connectivity index (χ2v) is 5.43. The van der Waals surface area contributed by atoms with Gasteiger partial charge in [0.05, 0.1) is 12.8 Å². The molecular formula is C17H21N3O5. The second-order valence-electron chi connectivity index (χ2n) is 5.43. The van der Waals surface area contributed by atoms with Crippen LogP contribution < -0.4 is 10.1 Å². The molecule has 134 valence electrons. The lowest BCUT2D eigenvalue weighted by atomic mass is 10.2. The van der Waals surface area contributed by atoms with Gasteiger partial charge in [-0.25, -0.2) is 9.48 Å². The Hall–Kier alpha value is -2.87. The van der Waals surface area contributed by atoms with Gasteiger partial charge >= 0.3 is 5.97 Å². The lowest BCUT2D eigenvalue weighted by Crippen LogP contribution is -2.41. The molecule has 25 heavy (non-hydrogen) atoms. The molecule has 0 aliphatic heterocycles. The minimum absolute atomic E-state index is 0.150. The zero-order valence-corrected chi connectivity index (χ0v) is 14.4. The number of carbonyl (C=O) groups is 2. The number of hydrogen-bond acceptors (Lipinski definition) is 5. The van der Waals surface area contributed by atoms with Gasteiger partial charge in [-0.1, -0.05) is 0 Å². The Bertz CT molecular complexity index is 739. The number of aryl methyl sites for hydroxylation is 1. The van der Waals surface area contributed by atoms with Crippen LogP contribution in [0, 0.1) is 6.92 Å². The van der Waals surface area contributed by atoms with Gasteiger partial charge in [0.25, 0.3) is 5.91 Å². The molecule has 0 spiro atoms. The maximum absolute atomic E-state index is 12.3. The highest BCUT2D eigenvalue weighted by atomic mass is 16.5. The van der Waals surface area contributed by atoms with Gasteiger partial charge in [0.15, 0.2) is 5.69 Å². The highest BCUT2D eigenvalue weighted by Gasteiger charge is 2.22. The molecule has 1 atom stereocenters. The third-order valence-electron chi connectivity index (χ3n) is 3.65. The van der Waals surface area contributed by atoms with Crippen molar-refractivity contribution < 1.29 is 24.2 Å². The number of hydrogen-bond donors (Lipinski definition) is 2. The summed E-state index contributed by atoms with van der Waals surface area (Å²) >= 11 is 0. The molecule has 0 radical (unpaired) electrons. The van der Waals surface area contributed by atoms with E-state index in [2.05, 4.69) is 10.4 Å². The number of aromatic nitrogens is 2. The summed E-state index contributed by atoms with van der Waals surface area (Å²) < 4.78 is 11.6. The van der Waals surface area contributed by atoms with Crippen molar-refractivity contribution in [1.82, 2.24) is 15.1 Å². The Morgan fingerprint density at radius 2 is 1.96 bits per heavy atom. The molecule has 2 rings (SSSR count). The molecule has 0 bridgehead atoms. The SMILES string of the molecule is COCCC(NC(=O)c1cc(C)n(-c2ccc(OC)cc2)n1)C(=O)O. The Morgan fingerprint density at radius 3 is 2.52 bits per heavy atom. The molecule has 1 unspecified atom stereocenters. The lowest BCUT2D eigenvalue weighted by molar-refractivity contribution is -0.139. The predicted molar refractivity (Wildman–Crippen MR) is 90.2 cm³/mol. The Kier molecular flexibility index (Phi) is 6.13. The van der Waals surface area contributed by atoms with Crippen LogP contribution in [0.4, 0.5) is 0 Å². The average Bonchev–Trinajstić information content (AvgIpc) is 3.00. The van der Waals surface area contributed by atoms with Gasteiger partial charge in [-0.05, 0) is 37.3 Å². The monoisotopic (exact) mass is 347 g/mol. The largest absolute Gasteiger partial charge is 0.497 e. The van der Waals surface area contributed by atoms with Crippen LogP contribution in [0.3, 0.4) is 0 Å². The van der Waals surface area contributed by atoms with Gasteiger partial charge in [-0.3, -0.25) is 4.79 Å². The smallest absolute Gasteiger partial charge is 0.326 e. The average molecular weight is 347 g/mol. The number of nitrogens with one attached hydrogen (secondary N) is 1. The van der Waals surface area contributed by atoms with Crippen LogP contribution in [-0.2, 0) is 9.53 Å². The molecule has 1 aromatic heterocycles. The Balaban J connectivity index is 2.17.